The number of carbonyl (C=O) groups is 4. The molecule has 4 amide bonds. The number of imide groups is 1. The van der Waals surface area contributed by atoms with E-state index in [4.69, 9.17) is 4.74 Å². The van der Waals surface area contributed by atoms with Crippen molar-refractivity contribution in [2.45, 2.75) is 104 Å². The summed E-state index contributed by atoms with van der Waals surface area (Å²) >= 11 is 0. The summed E-state index contributed by atoms with van der Waals surface area (Å²) < 4.78 is 47.3. The normalized spacial score (nSPS) is 20.7. The predicted octanol–water partition coefficient (Wildman–Crippen LogP) is 7.38. The summed E-state index contributed by atoms with van der Waals surface area (Å²) in [5.41, 5.74) is 0.00729. The molecule has 2 aliphatic rings. The Kier molecular flexibility index (Phi) is 10.3. The molecule has 1 spiro atoms. The molecule has 1 aliphatic carbocycles. The molecular formula is C35H44F3N3O6. The Morgan fingerprint density at radius 2 is 1.51 bits per heavy atom. The molecule has 1 saturated heterocycles. The maximum Gasteiger partial charge on any atom is 0.573 e. The molecule has 0 bridgehead atoms. The van der Waals surface area contributed by atoms with Crippen LogP contribution in [0.5, 0.6) is 5.75 Å². The first-order chi connectivity index (χ1) is 21.8. The fourth-order valence-electron chi connectivity index (χ4n) is 6.36. The van der Waals surface area contributed by atoms with Gasteiger partial charge in [0.1, 0.15) is 11.4 Å². The molecule has 4 rings (SSSR count). The zero-order valence-electron chi connectivity index (χ0n) is 27.8. The van der Waals surface area contributed by atoms with Crippen LogP contribution in [0.25, 0.3) is 0 Å². The number of nitrogens with one attached hydrogen (secondary N) is 1. The molecular weight excluding hydrogens is 615 g/mol. The number of alkyl halides is 3. The van der Waals surface area contributed by atoms with Crippen LogP contribution in [-0.2, 0) is 20.9 Å². The van der Waals surface area contributed by atoms with E-state index in [1.54, 1.807) is 49.9 Å². The molecule has 1 saturated carbocycles. The maximum atomic E-state index is 14.2. The van der Waals surface area contributed by atoms with Gasteiger partial charge in [-0.15, -0.1) is 13.2 Å². The topological polar surface area (TPSA) is 105 Å². The van der Waals surface area contributed by atoms with Gasteiger partial charge in [-0.1, -0.05) is 32.9 Å². The number of amides is 4. The molecule has 1 heterocycles. The van der Waals surface area contributed by atoms with Crippen LogP contribution in [0.1, 0.15) is 96.0 Å². The summed E-state index contributed by atoms with van der Waals surface area (Å²) in [4.78, 5) is 55.1. The second kappa shape index (κ2) is 13.6. The van der Waals surface area contributed by atoms with Crippen LogP contribution < -0.4 is 15.0 Å². The van der Waals surface area contributed by atoms with E-state index in [1.165, 1.54) is 12.1 Å². The Morgan fingerprint density at radius 1 is 0.915 bits per heavy atom. The summed E-state index contributed by atoms with van der Waals surface area (Å²) in [6.07, 6.45) is -1.81. The predicted molar refractivity (Wildman–Crippen MR) is 170 cm³/mol. The molecule has 1 N–H and O–H groups in total. The third-order valence-corrected chi connectivity index (χ3v) is 8.79. The number of rotatable bonds is 8. The van der Waals surface area contributed by atoms with E-state index >= 15 is 0 Å². The SMILES string of the molecule is CC(C)(C)OC(=O)CCNC(=O)c1ccc(CN2C(=O)N(c3ccc(OC(F)(F)F)cc3)C(=O)C[C@]23CC[C@@H](C(C)(C)C)CC3)cc1. The van der Waals surface area contributed by atoms with Gasteiger partial charge in [0.2, 0.25) is 5.91 Å². The summed E-state index contributed by atoms with van der Waals surface area (Å²) in [5.74, 6) is -1.22. The fourth-order valence-corrected chi connectivity index (χ4v) is 6.36. The molecule has 0 unspecified atom stereocenters. The van der Waals surface area contributed by atoms with Gasteiger partial charge in [-0.25, -0.2) is 9.69 Å². The average Bonchev–Trinajstić information content (AvgIpc) is 2.94. The molecule has 0 radical (unpaired) electrons. The lowest BCUT2D eigenvalue weighted by Gasteiger charge is -2.53. The lowest BCUT2D eigenvalue weighted by atomic mass is 9.65. The van der Waals surface area contributed by atoms with Crippen LogP contribution in [0, 0.1) is 11.3 Å². The Morgan fingerprint density at radius 3 is 2.04 bits per heavy atom. The minimum absolute atomic E-state index is 0.0314. The van der Waals surface area contributed by atoms with E-state index in [0.29, 0.717) is 24.3 Å². The largest absolute Gasteiger partial charge is 0.573 e. The van der Waals surface area contributed by atoms with Crippen molar-refractivity contribution in [1.29, 1.82) is 0 Å². The number of hydrogen-bond acceptors (Lipinski definition) is 6. The second-order valence-electron chi connectivity index (χ2n) is 14.5. The van der Waals surface area contributed by atoms with Gasteiger partial charge in [-0.2, -0.15) is 0 Å². The van der Waals surface area contributed by atoms with Crippen LogP contribution in [0.15, 0.2) is 48.5 Å². The maximum absolute atomic E-state index is 14.2. The number of anilines is 1. The van der Waals surface area contributed by atoms with Crippen molar-refractivity contribution in [3.8, 4) is 5.75 Å². The summed E-state index contributed by atoms with van der Waals surface area (Å²) in [7, 11) is 0. The van der Waals surface area contributed by atoms with Gasteiger partial charge in [-0.3, -0.25) is 14.4 Å². The van der Waals surface area contributed by atoms with Crippen LogP contribution in [0.2, 0.25) is 0 Å². The molecule has 0 atom stereocenters. The van der Waals surface area contributed by atoms with Crippen LogP contribution >= 0.6 is 0 Å². The third kappa shape index (κ3) is 9.26. The number of hydrogen-bond donors (Lipinski definition) is 1. The van der Waals surface area contributed by atoms with Gasteiger partial charge in [0.15, 0.2) is 0 Å². The first-order valence-electron chi connectivity index (χ1n) is 15.9. The van der Waals surface area contributed by atoms with Gasteiger partial charge in [0, 0.05) is 18.7 Å². The van der Waals surface area contributed by atoms with Crippen molar-refractivity contribution in [1.82, 2.24) is 10.2 Å². The third-order valence-electron chi connectivity index (χ3n) is 8.79. The lowest BCUT2D eigenvalue weighted by Crippen LogP contribution is -2.64. The quantitative estimate of drug-likeness (QED) is 0.297. The molecule has 12 heteroatoms. The first-order valence-corrected chi connectivity index (χ1v) is 15.9. The smallest absolute Gasteiger partial charge is 0.460 e. The summed E-state index contributed by atoms with van der Waals surface area (Å²) in [5, 5.41) is 2.71. The monoisotopic (exact) mass is 659 g/mol. The minimum Gasteiger partial charge on any atom is -0.460 e. The number of ether oxygens (including phenoxy) is 2. The van der Waals surface area contributed by atoms with E-state index in [2.05, 4.69) is 30.8 Å². The first kappa shape index (κ1) is 35.8. The number of esters is 1. The summed E-state index contributed by atoms with van der Waals surface area (Å²) in [6.45, 7) is 12.2. The van der Waals surface area contributed by atoms with Crippen molar-refractivity contribution in [3.63, 3.8) is 0 Å². The molecule has 47 heavy (non-hydrogen) atoms. The highest BCUT2D eigenvalue weighted by atomic mass is 19.4. The highest BCUT2D eigenvalue weighted by Gasteiger charge is 2.52. The fraction of sp³-hybridized carbons (Fsp3) is 0.543. The number of nitrogens with zero attached hydrogens (tertiary/aromatic N) is 2. The van der Waals surface area contributed by atoms with Gasteiger partial charge >= 0.3 is 18.4 Å². The van der Waals surface area contributed by atoms with Gasteiger partial charge in [0.05, 0.1) is 24.1 Å². The number of urea groups is 1. The van der Waals surface area contributed by atoms with Crippen LogP contribution in [-0.4, -0.2) is 52.8 Å². The van der Waals surface area contributed by atoms with Crippen molar-refractivity contribution in [2.75, 3.05) is 11.4 Å². The summed E-state index contributed by atoms with van der Waals surface area (Å²) in [6, 6.07) is 10.9. The van der Waals surface area contributed by atoms with Crippen molar-refractivity contribution >= 4 is 29.5 Å². The van der Waals surface area contributed by atoms with Crippen molar-refractivity contribution in [3.05, 3.63) is 59.7 Å². The van der Waals surface area contributed by atoms with Crippen LogP contribution in [0.3, 0.4) is 0 Å². The van der Waals surface area contributed by atoms with Crippen LogP contribution in [0.4, 0.5) is 23.7 Å². The molecule has 256 valence electrons. The van der Waals surface area contributed by atoms with Gasteiger partial charge in [0.25, 0.3) is 5.91 Å². The standard InChI is InChI=1S/C35H44F3N3O6/c1-32(2,3)25-15-18-34(19-16-25)21-28(42)41(26-11-13-27(14-12-26)46-35(36,37)38)31(45)40(34)22-23-7-9-24(10-8-23)30(44)39-20-17-29(43)47-33(4,5)6/h7-14,25H,15-22H2,1-6H3,(H,39,44)/t25-,34-. The Labute approximate surface area is 273 Å². The molecule has 1 aliphatic heterocycles. The van der Waals surface area contributed by atoms with E-state index in [1.807, 2.05) is 0 Å². The second-order valence-corrected chi connectivity index (χ2v) is 14.5. The van der Waals surface area contributed by atoms with Gasteiger partial charge in [-0.05, 0) is 99.7 Å². The minimum atomic E-state index is -4.87. The van der Waals surface area contributed by atoms with Crippen molar-refractivity contribution < 1.29 is 41.8 Å². The van der Waals surface area contributed by atoms with E-state index in [-0.39, 0.29) is 42.9 Å². The number of halogens is 3. The van der Waals surface area contributed by atoms with E-state index < -0.39 is 41.2 Å². The molecule has 2 aromatic carbocycles. The molecule has 0 aromatic heterocycles. The zero-order valence-corrected chi connectivity index (χ0v) is 27.8. The Hall–Kier alpha value is -4.09. The molecule has 2 fully saturated rings. The Balaban J connectivity index is 1.52. The van der Waals surface area contributed by atoms with Gasteiger partial charge < -0.3 is 19.7 Å². The number of benzene rings is 2. The Bertz CT molecular complexity index is 1450. The van der Waals surface area contributed by atoms with Crippen molar-refractivity contribution in [2.24, 2.45) is 11.3 Å². The average molecular weight is 660 g/mol. The lowest BCUT2D eigenvalue weighted by molar-refractivity contribution is -0.274. The molecule has 2 aromatic rings. The molecule has 9 nitrogen and oxygen atoms in total. The number of carbonyl (C=O) groups excluding carboxylic acids is 4. The van der Waals surface area contributed by atoms with E-state index in [0.717, 1.165) is 35.4 Å². The highest BCUT2D eigenvalue weighted by Crippen LogP contribution is 2.48. The highest BCUT2D eigenvalue weighted by molar-refractivity contribution is 6.16. The zero-order chi connectivity index (χ0) is 34.8. The van der Waals surface area contributed by atoms with E-state index in [9.17, 15) is 32.3 Å².